The molecule has 0 bridgehead atoms. The molecule has 130 valence electrons. The number of carbonyl (C=O) groups excluding carboxylic acids is 1. The SMILES string of the molecule is Cc1ccc(-c2cn3cccc(C)c3n2)cc1NC(=O)c1snnc1C. The van der Waals surface area contributed by atoms with E-state index in [-0.39, 0.29) is 5.91 Å². The van der Waals surface area contributed by atoms with Crippen LogP contribution in [-0.4, -0.2) is 24.9 Å². The average Bonchev–Trinajstić information content (AvgIpc) is 3.24. The van der Waals surface area contributed by atoms with Crippen LogP contribution in [0, 0.1) is 20.8 Å². The maximum absolute atomic E-state index is 12.5. The van der Waals surface area contributed by atoms with Gasteiger partial charge in [-0.25, -0.2) is 4.98 Å². The smallest absolute Gasteiger partial charge is 0.269 e. The summed E-state index contributed by atoms with van der Waals surface area (Å²) in [6, 6.07) is 9.99. The fourth-order valence-electron chi connectivity index (χ4n) is 2.83. The molecule has 4 aromatic rings. The van der Waals surface area contributed by atoms with E-state index in [0.717, 1.165) is 45.3 Å². The Morgan fingerprint density at radius 3 is 2.73 bits per heavy atom. The van der Waals surface area contributed by atoms with Gasteiger partial charge in [-0.2, -0.15) is 0 Å². The van der Waals surface area contributed by atoms with E-state index in [1.807, 2.05) is 61.0 Å². The molecule has 1 aromatic carbocycles. The Hall–Kier alpha value is -3.06. The maximum atomic E-state index is 12.5. The second kappa shape index (κ2) is 6.34. The van der Waals surface area contributed by atoms with Gasteiger partial charge in [0.25, 0.3) is 5.91 Å². The molecule has 1 N–H and O–H groups in total. The Kier molecular flexibility index (Phi) is 4.00. The molecule has 0 aliphatic carbocycles. The van der Waals surface area contributed by atoms with Crippen LogP contribution in [0.3, 0.4) is 0 Å². The minimum absolute atomic E-state index is 0.191. The third kappa shape index (κ3) is 2.86. The van der Waals surface area contributed by atoms with E-state index in [0.29, 0.717) is 10.6 Å². The number of hydrogen-bond donors (Lipinski definition) is 1. The number of carbonyl (C=O) groups is 1. The molecule has 0 saturated carbocycles. The quantitative estimate of drug-likeness (QED) is 0.596. The van der Waals surface area contributed by atoms with E-state index in [4.69, 9.17) is 4.98 Å². The molecule has 3 heterocycles. The summed E-state index contributed by atoms with van der Waals surface area (Å²) >= 11 is 1.10. The number of nitrogens with one attached hydrogen (secondary N) is 1. The van der Waals surface area contributed by atoms with Crippen molar-refractivity contribution >= 4 is 28.8 Å². The van der Waals surface area contributed by atoms with Gasteiger partial charge in [0, 0.05) is 23.6 Å². The zero-order valence-electron chi connectivity index (χ0n) is 14.6. The van der Waals surface area contributed by atoms with Gasteiger partial charge in [0.1, 0.15) is 10.5 Å². The van der Waals surface area contributed by atoms with E-state index in [2.05, 4.69) is 14.9 Å². The minimum atomic E-state index is -0.191. The summed E-state index contributed by atoms with van der Waals surface area (Å²) in [7, 11) is 0. The Morgan fingerprint density at radius 1 is 1.15 bits per heavy atom. The molecule has 1 amide bonds. The van der Waals surface area contributed by atoms with Crippen LogP contribution in [0.2, 0.25) is 0 Å². The predicted molar refractivity (Wildman–Crippen MR) is 103 cm³/mol. The van der Waals surface area contributed by atoms with E-state index in [1.54, 1.807) is 6.92 Å². The molecule has 6 nitrogen and oxygen atoms in total. The highest BCUT2D eigenvalue weighted by Crippen LogP contribution is 2.26. The van der Waals surface area contributed by atoms with Crippen molar-refractivity contribution in [1.82, 2.24) is 19.0 Å². The monoisotopic (exact) mass is 363 g/mol. The molecule has 0 fully saturated rings. The van der Waals surface area contributed by atoms with Gasteiger partial charge < -0.3 is 9.72 Å². The Morgan fingerprint density at radius 2 is 2.00 bits per heavy atom. The van der Waals surface area contributed by atoms with Crippen molar-refractivity contribution in [2.75, 3.05) is 5.32 Å². The van der Waals surface area contributed by atoms with Crippen LogP contribution in [0.5, 0.6) is 0 Å². The first-order valence-corrected chi connectivity index (χ1v) is 8.96. The molecule has 4 rings (SSSR count). The lowest BCUT2D eigenvalue weighted by Crippen LogP contribution is -2.12. The van der Waals surface area contributed by atoms with Gasteiger partial charge in [-0.05, 0) is 55.6 Å². The molecule has 7 heteroatoms. The number of nitrogens with zero attached hydrogens (tertiary/aromatic N) is 4. The van der Waals surface area contributed by atoms with Gasteiger partial charge in [0.2, 0.25) is 0 Å². The third-order valence-electron chi connectivity index (χ3n) is 4.32. The Balaban J connectivity index is 1.70. The van der Waals surface area contributed by atoms with Crippen molar-refractivity contribution in [3.8, 4) is 11.3 Å². The van der Waals surface area contributed by atoms with Crippen LogP contribution in [-0.2, 0) is 0 Å². The number of rotatable bonds is 3. The number of pyridine rings is 1. The average molecular weight is 363 g/mol. The van der Waals surface area contributed by atoms with Gasteiger partial charge in [-0.1, -0.05) is 22.7 Å². The zero-order valence-corrected chi connectivity index (χ0v) is 15.5. The van der Waals surface area contributed by atoms with Crippen LogP contribution in [0.25, 0.3) is 16.9 Å². The van der Waals surface area contributed by atoms with Crippen molar-refractivity contribution in [2.45, 2.75) is 20.8 Å². The summed E-state index contributed by atoms with van der Waals surface area (Å²) in [5, 5.41) is 6.86. The summed E-state index contributed by atoms with van der Waals surface area (Å²) in [5.74, 6) is -0.191. The highest BCUT2D eigenvalue weighted by Gasteiger charge is 2.15. The van der Waals surface area contributed by atoms with Crippen molar-refractivity contribution in [3.05, 3.63) is 64.4 Å². The number of aromatic nitrogens is 4. The molecular weight excluding hydrogens is 346 g/mol. The Labute approximate surface area is 154 Å². The molecule has 26 heavy (non-hydrogen) atoms. The third-order valence-corrected chi connectivity index (χ3v) is 5.14. The highest BCUT2D eigenvalue weighted by molar-refractivity contribution is 7.08. The van der Waals surface area contributed by atoms with Crippen molar-refractivity contribution in [3.63, 3.8) is 0 Å². The number of hydrogen-bond acceptors (Lipinski definition) is 5. The number of anilines is 1. The van der Waals surface area contributed by atoms with Crippen LogP contribution in [0.4, 0.5) is 5.69 Å². The first-order valence-electron chi connectivity index (χ1n) is 8.18. The fraction of sp³-hybridized carbons (Fsp3) is 0.158. The van der Waals surface area contributed by atoms with Crippen LogP contribution in [0.1, 0.15) is 26.5 Å². The highest BCUT2D eigenvalue weighted by atomic mass is 32.1. The topological polar surface area (TPSA) is 72.2 Å². The molecule has 0 unspecified atom stereocenters. The predicted octanol–water partition coefficient (Wildman–Crippen LogP) is 4.03. The number of benzene rings is 1. The molecule has 0 aliphatic heterocycles. The van der Waals surface area contributed by atoms with Gasteiger partial charge >= 0.3 is 0 Å². The number of fused-ring (bicyclic) bond motifs is 1. The van der Waals surface area contributed by atoms with E-state index in [9.17, 15) is 4.79 Å². The molecule has 3 aromatic heterocycles. The number of aryl methyl sites for hydroxylation is 3. The number of imidazole rings is 1. The van der Waals surface area contributed by atoms with Crippen molar-refractivity contribution < 1.29 is 4.79 Å². The zero-order chi connectivity index (χ0) is 18.3. The van der Waals surface area contributed by atoms with E-state index in [1.165, 1.54) is 0 Å². The summed E-state index contributed by atoms with van der Waals surface area (Å²) in [4.78, 5) is 17.7. The van der Waals surface area contributed by atoms with Crippen molar-refractivity contribution in [1.29, 1.82) is 0 Å². The number of amides is 1. The standard InChI is InChI=1S/C19H17N5OS/c1-11-6-7-14(16-10-24-8-4-5-12(2)18(24)20-16)9-15(11)21-19(25)17-13(3)22-23-26-17/h4-10H,1-3H3,(H,21,25). The summed E-state index contributed by atoms with van der Waals surface area (Å²) in [5.41, 5.74) is 6.24. The molecular formula is C19H17N5OS. The summed E-state index contributed by atoms with van der Waals surface area (Å²) in [6.45, 7) is 5.78. The molecule has 0 saturated heterocycles. The second-order valence-corrected chi connectivity index (χ2v) is 6.97. The first kappa shape index (κ1) is 16.4. The Bertz CT molecular complexity index is 1130. The summed E-state index contributed by atoms with van der Waals surface area (Å²) in [6.07, 6.45) is 3.98. The van der Waals surface area contributed by atoms with Gasteiger partial charge in [0.15, 0.2) is 0 Å². The van der Waals surface area contributed by atoms with Gasteiger partial charge in [-0.3, -0.25) is 4.79 Å². The lowest BCUT2D eigenvalue weighted by Gasteiger charge is -2.09. The lowest BCUT2D eigenvalue weighted by molar-refractivity contribution is 0.102. The summed E-state index contributed by atoms with van der Waals surface area (Å²) < 4.78 is 5.83. The largest absolute Gasteiger partial charge is 0.321 e. The van der Waals surface area contributed by atoms with E-state index < -0.39 is 0 Å². The molecule has 0 radical (unpaired) electrons. The van der Waals surface area contributed by atoms with Crippen LogP contribution in [0.15, 0.2) is 42.7 Å². The first-order chi connectivity index (χ1) is 12.5. The lowest BCUT2D eigenvalue weighted by atomic mass is 10.1. The molecule has 0 aliphatic rings. The van der Waals surface area contributed by atoms with Gasteiger partial charge in [0.05, 0.1) is 11.4 Å². The molecule has 0 spiro atoms. The normalized spacial score (nSPS) is 11.0. The maximum Gasteiger partial charge on any atom is 0.269 e. The minimum Gasteiger partial charge on any atom is -0.321 e. The second-order valence-electron chi connectivity index (χ2n) is 6.22. The van der Waals surface area contributed by atoms with Crippen molar-refractivity contribution in [2.24, 2.45) is 0 Å². The van der Waals surface area contributed by atoms with Crippen LogP contribution < -0.4 is 5.32 Å². The van der Waals surface area contributed by atoms with Crippen LogP contribution >= 0.6 is 11.5 Å². The van der Waals surface area contributed by atoms with Gasteiger partial charge in [-0.15, -0.1) is 5.10 Å². The van der Waals surface area contributed by atoms with E-state index >= 15 is 0 Å². The fourth-order valence-corrected chi connectivity index (χ4v) is 3.38. The molecule has 0 atom stereocenters.